The molecule has 9 heteroatoms. The average Bonchev–Trinajstić information content (AvgIpc) is 3.32. The molecule has 0 fully saturated rings. The molecule has 0 heterocycles. The first-order valence-corrected chi connectivity index (χ1v) is 13.4. The topological polar surface area (TPSA) is 114 Å². The van der Waals surface area contributed by atoms with Gasteiger partial charge in [0.2, 0.25) is 5.91 Å². The van der Waals surface area contributed by atoms with Crippen molar-refractivity contribution in [1.82, 2.24) is 5.32 Å². The first-order valence-electron chi connectivity index (χ1n) is 13.4. The Bertz CT molecular complexity index is 1560. The largest absolute Gasteiger partial charge is 0.478 e. The maximum Gasteiger partial charge on any atom is 0.407 e. The number of rotatable bonds is 10. The summed E-state index contributed by atoms with van der Waals surface area (Å²) in [6.45, 7) is 1.86. The third-order valence-electron chi connectivity index (χ3n) is 7.19. The van der Waals surface area contributed by atoms with Crippen LogP contribution in [0.3, 0.4) is 0 Å². The number of benzene rings is 4. The maximum absolute atomic E-state index is 13.9. The molecule has 0 aliphatic heterocycles. The number of carboxylic acid groups (broad SMARTS) is 1. The SMILES string of the molecule is CC(OCc1ccccc1)C(NC(=O)OCC1c2ccccc2-c2ccccc21)C(=O)Nc1ccc(F)c(C(=O)O)c1. The van der Waals surface area contributed by atoms with Crippen LogP contribution in [0.5, 0.6) is 0 Å². The molecule has 0 saturated heterocycles. The van der Waals surface area contributed by atoms with Crippen molar-refractivity contribution in [3.63, 3.8) is 0 Å². The van der Waals surface area contributed by atoms with Gasteiger partial charge in [-0.25, -0.2) is 14.0 Å². The van der Waals surface area contributed by atoms with Crippen molar-refractivity contribution in [2.24, 2.45) is 0 Å². The molecule has 42 heavy (non-hydrogen) atoms. The van der Waals surface area contributed by atoms with Gasteiger partial charge < -0.3 is 25.2 Å². The highest BCUT2D eigenvalue weighted by Crippen LogP contribution is 2.44. The number of aromatic carboxylic acids is 1. The molecule has 0 saturated carbocycles. The van der Waals surface area contributed by atoms with E-state index in [2.05, 4.69) is 10.6 Å². The highest BCUT2D eigenvalue weighted by molar-refractivity contribution is 5.98. The molecule has 1 aliphatic rings. The van der Waals surface area contributed by atoms with Crippen LogP contribution in [0.4, 0.5) is 14.9 Å². The number of halogens is 1. The number of amides is 2. The van der Waals surface area contributed by atoms with Crippen molar-refractivity contribution in [3.8, 4) is 11.1 Å². The molecule has 5 rings (SSSR count). The Morgan fingerprint density at radius 3 is 2.14 bits per heavy atom. The summed E-state index contributed by atoms with van der Waals surface area (Å²) in [6.07, 6.45) is -1.64. The van der Waals surface area contributed by atoms with Crippen molar-refractivity contribution in [2.45, 2.75) is 31.6 Å². The van der Waals surface area contributed by atoms with Gasteiger partial charge in [-0.1, -0.05) is 78.9 Å². The summed E-state index contributed by atoms with van der Waals surface area (Å²) in [6, 6.07) is 27.2. The standard InChI is InChI=1S/C33H29FN2O6/c1-20(41-18-21-9-3-2-4-10-21)30(31(37)35-22-15-16-29(34)27(17-22)32(38)39)36-33(40)42-19-28-25-13-7-5-11-23(25)24-12-6-8-14-26(24)28/h2-17,20,28,30H,18-19H2,1H3,(H,35,37)(H,36,40)(H,38,39). The summed E-state index contributed by atoms with van der Waals surface area (Å²) in [4.78, 5) is 37.8. The Morgan fingerprint density at radius 1 is 0.881 bits per heavy atom. The Kier molecular flexibility index (Phi) is 8.59. The molecule has 4 aromatic rings. The Balaban J connectivity index is 1.30. The summed E-state index contributed by atoms with van der Waals surface area (Å²) in [7, 11) is 0. The number of anilines is 1. The fourth-order valence-corrected chi connectivity index (χ4v) is 5.05. The van der Waals surface area contributed by atoms with E-state index in [1.165, 1.54) is 6.07 Å². The van der Waals surface area contributed by atoms with Gasteiger partial charge in [-0.05, 0) is 52.9 Å². The second-order valence-corrected chi connectivity index (χ2v) is 9.94. The van der Waals surface area contributed by atoms with E-state index in [4.69, 9.17) is 9.47 Å². The number of alkyl carbamates (subject to hydrolysis) is 1. The predicted octanol–water partition coefficient (Wildman–Crippen LogP) is 5.98. The number of carbonyl (C=O) groups excluding carboxylic acids is 2. The van der Waals surface area contributed by atoms with E-state index < -0.39 is 41.5 Å². The minimum atomic E-state index is -1.48. The quantitative estimate of drug-likeness (QED) is 0.217. The summed E-state index contributed by atoms with van der Waals surface area (Å²) in [5, 5.41) is 14.4. The van der Waals surface area contributed by atoms with E-state index in [-0.39, 0.29) is 24.8 Å². The molecule has 2 unspecified atom stereocenters. The third-order valence-corrected chi connectivity index (χ3v) is 7.19. The van der Waals surface area contributed by atoms with Crippen LogP contribution in [-0.2, 0) is 20.9 Å². The van der Waals surface area contributed by atoms with Crippen molar-refractivity contribution in [3.05, 3.63) is 125 Å². The van der Waals surface area contributed by atoms with Crippen LogP contribution in [0, 0.1) is 5.82 Å². The fourth-order valence-electron chi connectivity index (χ4n) is 5.05. The van der Waals surface area contributed by atoms with Crippen LogP contribution >= 0.6 is 0 Å². The lowest BCUT2D eigenvalue weighted by molar-refractivity contribution is -0.121. The number of carbonyl (C=O) groups is 3. The highest BCUT2D eigenvalue weighted by Gasteiger charge is 2.32. The van der Waals surface area contributed by atoms with E-state index in [1.807, 2.05) is 78.9 Å². The van der Waals surface area contributed by atoms with Crippen LogP contribution in [0.15, 0.2) is 97.1 Å². The van der Waals surface area contributed by atoms with Gasteiger partial charge in [-0.2, -0.15) is 0 Å². The summed E-state index contributed by atoms with van der Waals surface area (Å²) >= 11 is 0. The predicted molar refractivity (Wildman–Crippen MR) is 155 cm³/mol. The van der Waals surface area contributed by atoms with Crippen molar-refractivity contribution in [2.75, 3.05) is 11.9 Å². The van der Waals surface area contributed by atoms with Crippen molar-refractivity contribution in [1.29, 1.82) is 0 Å². The normalized spacial score (nSPS) is 13.4. The molecule has 8 nitrogen and oxygen atoms in total. The van der Waals surface area contributed by atoms with Gasteiger partial charge >= 0.3 is 12.1 Å². The summed E-state index contributed by atoms with van der Waals surface area (Å²) in [5.41, 5.74) is 4.59. The molecule has 2 atom stereocenters. The molecule has 4 aromatic carbocycles. The van der Waals surface area contributed by atoms with Gasteiger partial charge in [-0.15, -0.1) is 0 Å². The number of fused-ring (bicyclic) bond motifs is 3. The van der Waals surface area contributed by atoms with Gasteiger partial charge in [0.05, 0.1) is 18.3 Å². The first-order chi connectivity index (χ1) is 20.3. The van der Waals surface area contributed by atoms with E-state index in [0.29, 0.717) is 0 Å². The van der Waals surface area contributed by atoms with E-state index in [9.17, 15) is 23.9 Å². The van der Waals surface area contributed by atoms with E-state index in [0.717, 1.165) is 39.9 Å². The van der Waals surface area contributed by atoms with Gasteiger partial charge in [0.25, 0.3) is 0 Å². The lowest BCUT2D eigenvalue weighted by Gasteiger charge is -2.25. The molecule has 0 bridgehead atoms. The summed E-state index contributed by atoms with van der Waals surface area (Å²) in [5.74, 6) is -3.27. The fraction of sp³-hybridized carbons (Fsp3) is 0.182. The van der Waals surface area contributed by atoms with Gasteiger partial charge in [0.1, 0.15) is 18.5 Å². The Labute approximate surface area is 242 Å². The van der Waals surface area contributed by atoms with Crippen molar-refractivity contribution < 1.29 is 33.4 Å². The minimum Gasteiger partial charge on any atom is -0.478 e. The highest BCUT2D eigenvalue weighted by atomic mass is 19.1. The third kappa shape index (κ3) is 6.31. The zero-order valence-corrected chi connectivity index (χ0v) is 22.8. The molecule has 0 spiro atoms. The number of carboxylic acids is 1. The summed E-state index contributed by atoms with van der Waals surface area (Å²) < 4.78 is 25.4. The maximum atomic E-state index is 13.9. The van der Waals surface area contributed by atoms with Gasteiger partial charge in [0, 0.05) is 11.6 Å². The minimum absolute atomic E-state index is 0.0490. The molecular formula is C33H29FN2O6. The van der Waals surface area contributed by atoms with E-state index in [1.54, 1.807) is 6.92 Å². The second-order valence-electron chi connectivity index (χ2n) is 9.94. The number of hydrogen-bond donors (Lipinski definition) is 3. The van der Waals surface area contributed by atoms with Gasteiger partial charge in [-0.3, -0.25) is 4.79 Å². The lowest BCUT2D eigenvalue weighted by atomic mass is 9.98. The Hall–Kier alpha value is -5.02. The monoisotopic (exact) mass is 568 g/mol. The molecule has 214 valence electrons. The lowest BCUT2D eigenvalue weighted by Crippen LogP contribution is -2.51. The second kappa shape index (κ2) is 12.7. The molecule has 2 amide bonds. The zero-order chi connectivity index (χ0) is 29.6. The van der Waals surface area contributed by atoms with E-state index >= 15 is 0 Å². The van der Waals surface area contributed by atoms with Crippen LogP contribution < -0.4 is 10.6 Å². The molecule has 0 radical (unpaired) electrons. The van der Waals surface area contributed by atoms with Crippen LogP contribution in [-0.4, -0.2) is 41.8 Å². The van der Waals surface area contributed by atoms with Crippen molar-refractivity contribution >= 4 is 23.7 Å². The van der Waals surface area contributed by atoms with Crippen LogP contribution in [0.1, 0.15) is 39.9 Å². The molecule has 3 N–H and O–H groups in total. The number of nitrogens with one attached hydrogen (secondary N) is 2. The average molecular weight is 569 g/mol. The molecule has 1 aliphatic carbocycles. The van der Waals surface area contributed by atoms with Crippen LogP contribution in [0.2, 0.25) is 0 Å². The first kappa shape index (κ1) is 28.5. The number of ether oxygens (including phenoxy) is 2. The smallest absolute Gasteiger partial charge is 0.407 e. The zero-order valence-electron chi connectivity index (χ0n) is 22.8. The Morgan fingerprint density at radius 2 is 1.50 bits per heavy atom. The van der Waals surface area contributed by atoms with Gasteiger partial charge in [0.15, 0.2) is 0 Å². The number of hydrogen-bond acceptors (Lipinski definition) is 5. The molecule has 0 aromatic heterocycles. The molecular weight excluding hydrogens is 539 g/mol. The van der Waals surface area contributed by atoms with Crippen LogP contribution in [0.25, 0.3) is 11.1 Å².